The zero-order valence-corrected chi connectivity index (χ0v) is 7.46. The lowest BCUT2D eigenvalue weighted by atomic mass is 10.7. The monoisotopic (exact) mass is 200 g/mol. The van der Waals surface area contributed by atoms with Gasteiger partial charge in [0.05, 0.1) is 11.5 Å². The molecule has 0 spiro atoms. The van der Waals surface area contributed by atoms with Crippen molar-refractivity contribution in [1.29, 1.82) is 0 Å². The molecule has 10 heavy (non-hydrogen) atoms. The van der Waals surface area contributed by atoms with Gasteiger partial charge in [-0.3, -0.25) is 0 Å². The Labute approximate surface area is 74.6 Å². The lowest BCUT2D eigenvalue weighted by molar-refractivity contribution is 0.104. The minimum atomic E-state index is -0.815. The summed E-state index contributed by atoms with van der Waals surface area (Å²) in [6, 6.07) is 0. The molecule has 0 aromatic heterocycles. The van der Waals surface area contributed by atoms with Crippen LogP contribution in [0.4, 0.5) is 0 Å². The van der Waals surface area contributed by atoms with Crippen LogP contribution in [0.15, 0.2) is 0 Å². The van der Waals surface area contributed by atoms with Gasteiger partial charge in [0.25, 0.3) is 0 Å². The van der Waals surface area contributed by atoms with Crippen LogP contribution in [0.25, 0.3) is 0 Å². The van der Waals surface area contributed by atoms with Gasteiger partial charge in [-0.05, 0) is 12.8 Å². The molecular weight excluding hydrogens is 194 g/mol. The Bertz CT molecular complexity index is 155. The van der Waals surface area contributed by atoms with Crippen LogP contribution >= 0.6 is 34.8 Å². The topological polar surface area (TPSA) is 9.23 Å². The van der Waals surface area contributed by atoms with Gasteiger partial charge in [-0.1, -0.05) is 23.2 Å². The smallest absolute Gasteiger partial charge is 0.164 e. The maximum Gasteiger partial charge on any atom is 0.164 e. The molecule has 2 rings (SSSR count). The molecule has 4 heteroatoms. The number of hydrogen-bond donors (Lipinski definition) is 0. The van der Waals surface area contributed by atoms with Crippen LogP contribution in [0.5, 0.6) is 0 Å². The molecule has 0 amide bonds. The first-order valence-corrected chi connectivity index (χ1v) is 4.49. The quantitative estimate of drug-likeness (QED) is 0.623. The summed E-state index contributed by atoms with van der Waals surface area (Å²) in [6.07, 6.45) is 2.50. The highest BCUT2D eigenvalue weighted by atomic mass is 35.5. The van der Waals surface area contributed by atoms with Crippen molar-refractivity contribution in [1.82, 2.24) is 0 Å². The Morgan fingerprint density at radius 3 is 2.10 bits per heavy atom. The van der Waals surface area contributed by atoms with E-state index in [0.717, 1.165) is 12.8 Å². The van der Waals surface area contributed by atoms with E-state index >= 15 is 0 Å². The Hall–Kier alpha value is 0.830. The lowest BCUT2D eigenvalue weighted by Crippen LogP contribution is -2.03. The van der Waals surface area contributed by atoms with Crippen molar-refractivity contribution in [3.8, 4) is 0 Å². The summed E-state index contributed by atoms with van der Waals surface area (Å²) in [4.78, 5) is 0. The zero-order chi connectivity index (χ0) is 7.35. The zero-order valence-electron chi connectivity index (χ0n) is 5.19. The lowest BCUT2D eigenvalue weighted by Gasteiger charge is -1.98. The number of ether oxygens (including phenoxy) is 1. The fraction of sp³-hybridized carbons (Fsp3) is 1.00. The van der Waals surface area contributed by atoms with E-state index < -0.39 is 4.33 Å². The molecule has 0 aromatic rings. The van der Waals surface area contributed by atoms with E-state index in [1.807, 2.05) is 0 Å². The molecule has 1 nitrogen and oxygen atoms in total. The normalized spacial score (nSPS) is 43.5. The van der Waals surface area contributed by atoms with Crippen LogP contribution in [0.2, 0.25) is 0 Å². The molecule has 2 atom stereocenters. The highest BCUT2D eigenvalue weighted by molar-refractivity contribution is 6.57. The predicted octanol–water partition coefficient (Wildman–Crippen LogP) is 2.33. The second-order valence-electron chi connectivity index (χ2n) is 2.83. The van der Waals surface area contributed by atoms with Crippen molar-refractivity contribution in [2.45, 2.75) is 34.8 Å². The van der Waals surface area contributed by atoms with E-state index in [4.69, 9.17) is 39.5 Å². The van der Waals surface area contributed by atoms with E-state index in [1.165, 1.54) is 0 Å². The molecular formula is C6H7Cl3O. The van der Waals surface area contributed by atoms with Gasteiger partial charge in [-0.25, -0.2) is 0 Å². The first-order valence-electron chi connectivity index (χ1n) is 3.29. The van der Waals surface area contributed by atoms with Crippen LogP contribution in [0.3, 0.4) is 0 Å². The molecule has 2 fully saturated rings. The molecule has 2 aliphatic rings. The average molecular weight is 201 g/mol. The molecule has 2 unspecified atom stereocenters. The summed E-state index contributed by atoms with van der Waals surface area (Å²) in [7, 11) is 0. The summed E-state index contributed by atoms with van der Waals surface area (Å²) < 4.78 is 4.59. The number of halogens is 3. The number of rotatable bonds is 2. The molecule has 58 valence electrons. The van der Waals surface area contributed by atoms with E-state index in [0.29, 0.717) is 6.10 Å². The van der Waals surface area contributed by atoms with Crippen LogP contribution < -0.4 is 0 Å². The number of hydrogen-bond acceptors (Lipinski definition) is 1. The summed E-state index contributed by atoms with van der Waals surface area (Å²) in [5.41, 5.74) is 0. The maximum absolute atomic E-state index is 5.74. The summed E-state index contributed by atoms with van der Waals surface area (Å²) in [5, 5.41) is -0.212. The van der Waals surface area contributed by atoms with E-state index in [2.05, 4.69) is 0 Å². The van der Waals surface area contributed by atoms with Crippen LogP contribution in [-0.4, -0.2) is 21.9 Å². The SMILES string of the molecule is ClC1C(OC2CC2)C1(Cl)Cl. The molecule has 0 aromatic carbocycles. The first-order chi connectivity index (χ1) is 4.62. The Morgan fingerprint density at radius 2 is 1.80 bits per heavy atom. The van der Waals surface area contributed by atoms with Crippen molar-refractivity contribution in [3.05, 3.63) is 0 Å². The van der Waals surface area contributed by atoms with Gasteiger partial charge in [0.15, 0.2) is 4.33 Å². The Morgan fingerprint density at radius 1 is 1.30 bits per heavy atom. The maximum atomic E-state index is 5.74. The third-order valence-corrected chi connectivity index (χ3v) is 3.46. The van der Waals surface area contributed by atoms with Crippen molar-refractivity contribution in [2.75, 3.05) is 0 Å². The minimum Gasteiger partial charge on any atom is -0.370 e. The molecule has 0 radical (unpaired) electrons. The van der Waals surface area contributed by atoms with Crippen LogP contribution in [0, 0.1) is 0 Å². The van der Waals surface area contributed by atoms with Crippen molar-refractivity contribution in [2.24, 2.45) is 0 Å². The third-order valence-electron chi connectivity index (χ3n) is 1.77. The Kier molecular flexibility index (Phi) is 1.62. The molecule has 2 aliphatic carbocycles. The molecule has 0 heterocycles. The summed E-state index contributed by atoms with van der Waals surface area (Å²) in [5.74, 6) is 0. The highest BCUT2D eigenvalue weighted by Crippen LogP contribution is 2.54. The second kappa shape index (κ2) is 2.16. The number of alkyl halides is 3. The molecule has 0 N–H and O–H groups in total. The van der Waals surface area contributed by atoms with Gasteiger partial charge in [0.2, 0.25) is 0 Å². The molecule has 0 bridgehead atoms. The van der Waals surface area contributed by atoms with Gasteiger partial charge in [0, 0.05) is 0 Å². The van der Waals surface area contributed by atoms with Crippen LogP contribution in [0.1, 0.15) is 12.8 Å². The van der Waals surface area contributed by atoms with Gasteiger partial charge >= 0.3 is 0 Å². The molecule has 2 saturated carbocycles. The standard InChI is InChI=1S/C6H7Cl3O/c7-4-5(6(4,8)9)10-3-1-2-3/h3-5H,1-2H2. The van der Waals surface area contributed by atoms with Gasteiger partial charge in [-0.15, -0.1) is 11.6 Å². The molecule has 0 saturated heterocycles. The van der Waals surface area contributed by atoms with Gasteiger partial charge in [-0.2, -0.15) is 0 Å². The van der Waals surface area contributed by atoms with E-state index in [1.54, 1.807) is 0 Å². The first kappa shape index (κ1) is 7.48. The molecule has 0 aliphatic heterocycles. The van der Waals surface area contributed by atoms with Crippen molar-refractivity contribution >= 4 is 34.8 Å². The average Bonchev–Trinajstić information content (AvgIpc) is 2.70. The van der Waals surface area contributed by atoms with Gasteiger partial charge in [0.1, 0.15) is 6.10 Å². The summed E-state index contributed by atoms with van der Waals surface area (Å²) in [6.45, 7) is 0. The summed E-state index contributed by atoms with van der Waals surface area (Å²) >= 11 is 17.2. The minimum absolute atomic E-state index is 0.134. The second-order valence-corrected chi connectivity index (χ2v) is 4.75. The van der Waals surface area contributed by atoms with Gasteiger partial charge < -0.3 is 4.74 Å². The fourth-order valence-corrected chi connectivity index (χ4v) is 1.73. The van der Waals surface area contributed by atoms with Crippen molar-refractivity contribution in [3.63, 3.8) is 0 Å². The van der Waals surface area contributed by atoms with E-state index in [9.17, 15) is 0 Å². The Balaban J connectivity index is 1.85. The highest BCUT2D eigenvalue weighted by Gasteiger charge is 2.65. The predicted molar refractivity (Wildman–Crippen MR) is 42.0 cm³/mol. The third kappa shape index (κ3) is 1.14. The van der Waals surface area contributed by atoms with E-state index in [-0.39, 0.29) is 11.5 Å². The largest absolute Gasteiger partial charge is 0.370 e. The fourth-order valence-electron chi connectivity index (χ4n) is 0.835. The van der Waals surface area contributed by atoms with Crippen LogP contribution in [-0.2, 0) is 4.74 Å². The van der Waals surface area contributed by atoms with Crippen molar-refractivity contribution < 1.29 is 4.74 Å².